The number of fused-ring (bicyclic) bond motifs is 8. The average molecular weight is 649 g/mol. The molecule has 1 heterocycles. The van der Waals surface area contributed by atoms with Gasteiger partial charge in [-0.1, -0.05) is 135 Å². The van der Waals surface area contributed by atoms with Crippen molar-refractivity contribution in [1.82, 2.24) is 4.57 Å². The first-order valence-electron chi connectivity index (χ1n) is 17.7. The van der Waals surface area contributed by atoms with Crippen molar-refractivity contribution in [1.29, 1.82) is 0 Å². The Labute approximate surface area is 296 Å². The molecule has 0 saturated heterocycles. The van der Waals surface area contributed by atoms with E-state index in [1.807, 2.05) is 13.0 Å². The lowest BCUT2D eigenvalue weighted by atomic mass is 9.81. The molecule has 1 aromatic heterocycles. The number of hydrogen-bond acceptors (Lipinski definition) is 1. The fraction of sp³-hybridized carbons (Fsp3) is 0.167. The van der Waals surface area contributed by atoms with Gasteiger partial charge in [-0.2, -0.15) is 0 Å². The van der Waals surface area contributed by atoms with Crippen molar-refractivity contribution in [2.75, 3.05) is 4.90 Å². The van der Waals surface area contributed by atoms with Gasteiger partial charge in [-0.05, 0) is 96.3 Å². The summed E-state index contributed by atoms with van der Waals surface area (Å²) in [6.45, 7) is 15.2. The summed E-state index contributed by atoms with van der Waals surface area (Å²) < 4.78 is 2.37. The molecule has 2 nitrogen and oxygen atoms in total. The number of allylic oxidation sites excluding steroid dienone is 5. The van der Waals surface area contributed by atoms with Crippen molar-refractivity contribution >= 4 is 49.6 Å². The number of hydrogen-bond donors (Lipinski definition) is 0. The first-order valence-corrected chi connectivity index (χ1v) is 17.7. The molecule has 0 atom stereocenters. The SMILES string of the molecule is C=C(C)/C=C\C=C/Cc1ccc(N(c2cc3c(c4ccccc24)-c2ccc(C)cc2C3(C)C)c2cccc3c4ccccc4n(C)c23)cc1C. The molecule has 50 heavy (non-hydrogen) atoms. The molecule has 0 unspecified atom stereocenters. The van der Waals surface area contributed by atoms with E-state index in [0.29, 0.717) is 0 Å². The largest absolute Gasteiger partial charge is 0.342 e. The Balaban J connectivity index is 1.40. The summed E-state index contributed by atoms with van der Waals surface area (Å²) in [5.74, 6) is 0. The first kappa shape index (κ1) is 31.7. The Hall–Kier alpha value is -5.60. The van der Waals surface area contributed by atoms with Crippen molar-refractivity contribution < 1.29 is 0 Å². The van der Waals surface area contributed by atoms with Crippen molar-refractivity contribution in [2.45, 2.75) is 46.5 Å². The van der Waals surface area contributed by atoms with E-state index in [-0.39, 0.29) is 5.41 Å². The summed E-state index contributed by atoms with van der Waals surface area (Å²) in [4.78, 5) is 2.52. The standard InChI is InChI=1S/C48H44N2/c1-31(2)16-9-8-10-17-34-25-26-35(29-33(34)4)50(44-23-15-21-39-37-19-13-14-22-43(37)49(7)47(39)44)45-30-42-46(38-20-12-11-18-36(38)45)40-27-24-32(3)28-41(40)48(42,5)6/h8-16,18-30H,1,17H2,2-7H3/b10-8-,16-9-. The van der Waals surface area contributed by atoms with Gasteiger partial charge in [0.1, 0.15) is 0 Å². The number of nitrogens with zero attached hydrogens (tertiary/aromatic N) is 2. The third-order valence-electron chi connectivity index (χ3n) is 10.8. The van der Waals surface area contributed by atoms with Crippen molar-refractivity contribution in [2.24, 2.45) is 7.05 Å². The Morgan fingerprint density at radius 1 is 0.740 bits per heavy atom. The average Bonchev–Trinajstić information content (AvgIpc) is 3.52. The van der Waals surface area contributed by atoms with E-state index in [4.69, 9.17) is 0 Å². The zero-order chi connectivity index (χ0) is 34.7. The third-order valence-corrected chi connectivity index (χ3v) is 10.8. The van der Waals surface area contributed by atoms with E-state index in [1.54, 1.807) is 0 Å². The second-order valence-electron chi connectivity index (χ2n) is 14.6. The minimum absolute atomic E-state index is 0.141. The molecule has 246 valence electrons. The normalized spacial score (nSPS) is 13.6. The number of anilines is 3. The van der Waals surface area contributed by atoms with Crippen molar-refractivity contribution in [3.63, 3.8) is 0 Å². The van der Waals surface area contributed by atoms with Crippen LogP contribution in [0.3, 0.4) is 0 Å². The molecule has 1 aliphatic rings. The smallest absolute Gasteiger partial charge is 0.0733 e. The summed E-state index contributed by atoms with van der Waals surface area (Å²) in [5, 5.41) is 5.09. The van der Waals surface area contributed by atoms with Crippen LogP contribution >= 0.6 is 0 Å². The van der Waals surface area contributed by atoms with Gasteiger partial charge >= 0.3 is 0 Å². The Kier molecular flexibility index (Phi) is 7.64. The molecule has 0 bridgehead atoms. The second-order valence-corrected chi connectivity index (χ2v) is 14.6. The number of rotatable bonds is 7. The Morgan fingerprint density at radius 2 is 1.48 bits per heavy atom. The van der Waals surface area contributed by atoms with Gasteiger partial charge in [-0.25, -0.2) is 0 Å². The molecule has 0 spiro atoms. The van der Waals surface area contributed by atoms with Crippen LogP contribution in [0.1, 0.15) is 48.6 Å². The molecule has 0 saturated carbocycles. The van der Waals surface area contributed by atoms with Crippen LogP contribution in [0.4, 0.5) is 17.1 Å². The summed E-state index contributed by atoms with van der Waals surface area (Å²) >= 11 is 0. The molecule has 0 aliphatic heterocycles. The Morgan fingerprint density at radius 3 is 2.26 bits per heavy atom. The number of aryl methyl sites for hydroxylation is 3. The minimum Gasteiger partial charge on any atom is -0.342 e. The van der Waals surface area contributed by atoms with Crippen LogP contribution in [0.15, 0.2) is 146 Å². The molecule has 1 aliphatic carbocycles. The molecule has 2 heteroatoms. The first-order chi connectivity index (χ1) is 24.1. The highest BCUT2D eigenvalue weighted by Crippen LogP contribution is 2.55. The summed E-state index contributed by atoms with van der Waals surface area (Å²) in [7, 11) is 2.21. The van der Waals surface area contributed by atoms with Crippen LogP contribution in [-0.4, -0.2) is 4.57 Å². The summed E-state index contributed by atoms with van der Waals surface area (Å²) in [5.41, 5.74) is 16.3. The quantitative estimate of drug-likeness (QED) is 0.156. The van der Waals surface area contributed by atoms with E-state index in [1.165, 1.54) is 82.9 Å². The van der Waals surface area contributed by atoms with Crippen LogP contribution in [0.25, 0.3) is 43.7 Å². The zero-order valence-corrected chi connectivity index (χ0v) is 30.0. The highest BCUT2D eigenvalue weighted by molar-refractivity contribution is 6.15. The van der Waals surface area contributed by atoms with E-state index in [0.717, 1.165) is 17.7 Å². The maximum Gasteiger partial charge on any atom is 0.0733 e. The van der Waals surface area contributed by atoms with Gasteiger partial charge in [0.25, 0.3) is 0 Å². The molecule has 0 N–H and O–H groups in total. The minimum atomic E-state index is -0.141. The molecule has 6 aromatic carbocycles. The summed E-state index contributed by atoms with van der Waals surface area (Å²) in [6.07, 6.45) is 9.33. The van der Waals surface area contributed by atoms with Gasteiger partial charge in [0, 0.05) is 39.8 Å². The lowest BCUT2D eigenvalue weighted by molar-refractivity contribution is 0.660. The van der Waals surface area contributed by atoms with Crippen LogP contribution in [0.5, 0.6) is 0 Å². The molecule has 0 amide bonds. The molecule has 8 rings (SSSR count). The third kappa shape index (κ3) is 5.01. The predicted molar refractivity (Wildman–Crippen MR) is 216 cm³/mol. The van der Waals surface area contributed by atoms with Crippen LogP contribution in [0, 0.1) is 13.8 Å². The second kappa shape index (κ2) is 12.1. The van der Waals surface area contributed by atoms with Crippen molar-refractivity contribution in [3.8, 4) is 11.1 Å². The highest BCUT2D eigenvalue weighted by atomic mass is 15.2. The fourth-order valence-electron chi connectivity index (χ4n) is 8.21. The number of para-hydroxylation sites is 2. The van der Waals surface area contributed by atoms with E-state index in [9.17, 15) is 0 Å². The van der Waals surface area contributed by atoms with E-state index in [2.05, 4.69) is 178 Å². The molecule has 0 fully saturated rings. The van der Waals surface area contributed by atoms with Gasteiger partial charge in [-0.3, -0.25) is 0 Å². The maximum atomic E-state index is 3.97. The Bertz CT molecular complexity index is 2550. The van der Waals surface area contributed by atoms with Crippen molar-refractivity contribution in [3.05, 3.63) is 173 Å². The predicted octanol–water partition coefficient (Wildman–Crippen LogP) is 13.1. The fourth-order valence-corrected chi connectivity index (χ4v) is 8.21. The van der Waals surface area contributed by atoms with Gasteiger partial charge in [-0.15, -0.1) is 0 Å². The number of benzene rings is 6. The molecular weight excluding hydrogens is 605 g/mol. The monoisotopic (exact) mass is 648 g/mol. The molecule has 0 radical (unpaired) electrons. The maximum absolute atomic E-state index is 3.97. The van der Waals surface area contributed by atoms with Gasteiger partial charge in [0.15, 0.2) is 0 Å². The van der Waals surface area contributed by atoms with Gasteiger partial charge in [0.05, 0.1) is 16.9 Å². The van der Waals surface area contributed by atoms with Crippen LogP contribution < -0.4 is 4.90 Å². The lowest BCUT2D eigenvalue weighted by Crippen LogP contribution is -2.17. The van der Waals surface area contributed by atoms with E-state index >= 15 is 0 Å². The molecule has 7 aromatic rings. The van der Waals surface area contributed by atoms with E-state index < -0.39 is 0 Å². The van der Waals surface area contributed by atoms with Crippen LogP contribution in [-0.2, 0) is 18.9 Å². The van der Waals surface area contributed by atoms with Crippen LogP contribution in [0.2, 0.25) is 0 Å². The number of aromatic nitrogens is 1. The summed E-state index contributed by atoms with van der Waals surface area (Å²) in [6, 6.07) is 41.0. The van der Waals surface area contributed by atoms with Gasteiger partial charge < -0.3 is 9.47 Å². The lowest BCUT2D eigenvalue weighted by Gasteiger charge is -2.31. The molecular formula is C48H44N2. The topological polar surface area (TPSA) is 8.17 Å². The van der Waals surface area contributed by atoms with Gasteiger partial charge in [0.2, 0.25) is 0 Å². The highest BCUT2D eigenvalue weighted by Gasteiger charge is 2.38. The zero-order valence-electron chi connectivity index (χ0n) is 30.0.